The second-order valence-electron chi connectivity index (χ2n) is 3.96. The van der Waals surface area contributed by atoms with Gasteiger partial charge in [-0.15, -0.1) is 0 Å². The van der Waals surface area contributed by atoms with E-state index < -0.39 is 6.10 Å². The van der Waals surface area contributed by atoms with E-state index in [1.165, 1.54) is 7.05 Å². The highest BCUT2D eigenvalue weighted by molar-refractivity contribution is 5.75. The number of aliphatic hydroxyl groups is 1. The molecule has 5 nitrogen and oxygen atoms in total. The van der Waals surface area contributed by atoms with Crippen molar-refractivity contribution in [2.75, 3.05) is 12.8 Å². The van der Waals surface area contributed by atoms with E-state index in [1.54, 1.807) is 19.1 Å². The molecule has 1 aromatic carbocycles. The first-order chi connectivity index (χ1) is 7.99. The first-order valence-corrected chi connectivity index (χ1v) is 5.41. The van der Waals surface area contributed by atoms with Crippen LogP contribution in [0.4, 0.5) is 5.69 Å². The third-order valence-electron chi connectivity index (χ3n) is 2.23. The maximum absolute atomic E-state index is 11.4. The smallest absolute Gasteiger partial charge is 0.248 e. The van der Waals surface area contributed by atoms with Crippen LogP contribution in [0.5, 0.6) is 0 Å². The number of carbonyl (C=O) groups excluding carboxylic acids is 1. The monoisotopic (exact) mass is 238 g/mol. The Morgan fingerprint density at radius 3 is 2.59 bits per heavy atom. The van der Waals surface area contributed by atoms with Crippen LogP contribution in [0.15, 0.2) is 24.3 Å². The minimum atomic E-state index is -0.662. The Kier molecular flexibility index (Phi) is 4.93. The Morgan fingerprint density at radius 1 is 1.47 bits per heavy atom. The lowest BCUT2D eigenvalue weighted by Crippen LogP contribution is -2.29. The Balaban J connectivity index is 2.40. The molecule has 0 spiro atoms. The summed E-state index contributed by atoms with van der Waals surface area (Å²) < 4.78 is 0. The van der Waals surface area contributed by atoms with E-state index in [-0.39, 0.29) is 12.3 Å². The number of nitrogens with zero attached hydrogens (tertiary/aromatic N) is 1. The van der Waals surface area contributed by atoms with E-state index in [9.17, 15) is 4.79 Å². The zero-order valence-electron chi connectivity index (χ0n) is 10.1. The maximum atomic E-state index is 11.4. The Hall–Kier alpha value is -1.59. The van der Waals surface area contributed by atoms with Gasteiger partial charge in [-0.1, -0.05) is 12.1 Å². The lowest BCUT2D eigenvalue weighted by molar-refractivity contribution is -0.184. The number of hydrogen-bond donors (Lipinski definition) is 2. The van der Waals surface area contributed by atoms with Crippen LogP contribution in [0.2, 0.25) is 0 Å². The molecule has 0 radical (unpaired) electrons. The SMILES string of the molecule is CC(O)CC(=O)N(C)OCc1ccc(N)cc1. The first-order valence-electron chi connectivity index (χ1n) is 5.41. The molecule has 0 bridgehead atoms. The van der Waals surface area contributed by atoms with Gasteiger partial charge in [0.25, 0.3) is 0 Å². The van der Waals surface area contributed by atoms with E-state index in [2.05, 4.69) is 0 Å². The Bertz CT molecular complexity index is 363. The van der Waals surface area contributed by atoms with E-state index in [0.29, 0.717) is 12.3 Å². The van der Waals surface area contributed by atoms with Crippen molar-refractivity contribution in [3.8, 4) is 0 Å². The van der Waals surface area contributed by atoms with Crippen LogP contribution in [0.25, 0.3) is 0 Å². The quantitative estimate of drug-likeness (QED) is 0.591. The number of carbonyl (C=O) groups is 1. The van der Waals surface area contributed by atoms with Gasteiger partial charge in [0.1, 0.15) is 6.61 Å². The fourth-order valence-electron chi connectivity index (χ4n) is 1.24. The van der Waals surface area contributed by atoms with Crippen molar-refractivity contribution in [3.63, 3.8) is 0 Å². The van der Waals surface area contributed by atoms with Gasteiger partial charge in [-0.2, -0.15) is 0 Å². The zero-order valence-corrected chi connectivity index (χ0v) is 10.1. The summed E-state index contributed by atoms with van der Waals surface area (Å²) in [7, 11) is 1.53. The summed E-state index contributed by atoms with van der Waals surface area (Å²) in [6.07, 6.45) is -0.608. The molecule has 0 aromatic heterocycles. The van der Waals surface area contributed by atoms with Gasteiger partial charge < -0.3 is 10.8 Å². The fourth-order valence-corrected chi connectivity index (χ4v) is 1.24. The van der Waals surface area contributed by atoms with Crippen LogP contribution >= 0.6 is 0 Å². The van der Waals surface area contributed by atoms with Crippen molar-refractivity contribution in [3.05, 3.63) is 29.8 Å². The molecule has 1 unspecified atom stereocenters. The second-order valence-corrected chi connectivity index (χ2v) is 3.96. The van der Waals surface area contributed by atoms with Gasteiger partial charge in [-0.25, -0.2) is 5.06 Å². The normalized spacial score (nSPS) is 12.2. The van der Waals surface area contributed by atoms with E-state index in [0.717, 1.165) is 10.6 Å². The van der Waals surface area contributed by atoms with Crippen LogP contribution in [0, 0.1) is 0 Å². The largest absolute Gasteiger partial charge is 0.399 e. The molecule has 17 heavy (non-hydrogen) atoms. The van der Waals surface area contributed by atoms with Crippen LogP contribution in [-0.4, -0.2) is 29.2 Å². The summed E-state index contributed by atoms with van der Waals surface area (Å²) >= 11 is 0. The minimum Gasteiger partial charge on any atom is -0.399 e. The van der Waals surface area contributed by atoms with Crippen LogP contribution in [-0.2, 0) is 16.2 Å². The van der Waals surface area contributed by atoms with Gasteiger partial charge in [-0.3, -0.25) is 9.63 Å². The number of hydrogen-bond acceptors (Lipinski definition) is 4. The van der Waals surface area contributed by atoms with Crippen molar-refractivity contribution in [1.82, 2.24) is 5.06 Å². The third-order valence-corrected chi connectivity index (χ3v) is 2.23. The van der Waals surface area contributed by atoms with Gasteiger partial charge in [0, 0.05) is 12.7 Å². The highest BCUT2D eigenvalue weighted by Crippen LogP contribution is 2.07. The number of benzene rings is 1. The number of nitrogens with two attached hydrogens (primary N) is 1. The summed E-state index contributed by atoms with van der Waals surface area (Å²) in [6, 6.07) is 7.22. The summed E-state index contributed by atoms with van der Waals surface area (Å²) in [6.45, 7) is 1.86. The number of anilines is 1. The first kappa shape index (κ1) is 13.5. The number of nitrogen functional groups attached to an aromatic ring is 1. The molecule has 0 saturated heterocycles. The highest BCUT2D eigenvalue weighted by atomic mass is 16.7. The molecule has 0 saturated carbocycles. The molecular weight excluding hydrogens is 220 g/mol. The molecule has 3 N–H and O–H groups in total. The standard InChI is InChI=1S/C12H18N2O3/c1-9(15)7-12(16)14(2)17-8-10-3-5-11(13)6-4-10/h3-6,9,15H,7-8,13H2,1-2H3. The molecule has 0 aliphatic rings. The van der Waals surface area contributed by atoms with Crippen LogP contribution in [0.1, 0.15) is 18.9 Å². The summed E-state index contributed by atoms with van der Waals surface area (Å²) in [5.74, 6) is -0.254. The molecular formula is C12H18N2O3. The van der Waals surface area contributed by atoms with Crippen molar-refractivity contribution in [2.24, 2.45) is 0 Å². The van der Waals surface area contributed by atoms with Crippen molar-refractivity contribution < 1.29 is 14.7 Å². The fraction of sp³-hybridized carbons (Fsp3) is 0.417. The summed E-state index contributed by atoms with van der Waals surface area (Å²) in [5, 5.41) is 10.2. The summed E-state index contributed by atoms with van der Waals surface area (Å²) in [5.41, 5.74) is 7.17. The molecule has 1 atom stereocenters. The predicted octanol–water partition coefficient (Wildman–Crippen LogP) is 0.930. The van der Waals surface area contributed by atoms with Crippen molar-refractivity contribution >= 4 is 11.6 Å². The van der Waals surface area contributed by atoms with Crippen LogP contribution in [0.3, 0.4) is 0 Å². The van der Waals surface area contributed by atoms with E-state index >= 15 is 0 Å². The number of hydroxylamine groups is 2. The predicted molar refractivity (Wildman–Crippen MR) is 64.7 cm³/mol. The lowest BCUT2D eigenvalue weighted by atomic mass is 10.2. The number of rotatable bonds is 5. The van der Waals surface area contributed by atoms with Gasteiger partial charge in [0.2, 0.25) is 5.91 Å². The maximum Gasteiger partial charge on any atom is 0.248 e. The van der Waals surface area contributed by atoms with E-state index in [1.807, 2.05) is 12.1 Å². The van der Waals surface area contributed by atoms with Crippen molar-refractivity contribution in [2.45, 2.75) is 26.1 Å². The van der Waals surface area contributed by atoms with E-state index in [4.69, 9.17) is 15.7 Å². The number of amides is 1. The van der Waals surface area contributed by atoms with Crippen LogP contribution < -0.4 is 5.73 Å². The highest BCUT2D eigenvalue weighted by Gasteiger charge is 2.12. The Labute approximate surface area is 101 Å². The molecule has 0 aliphatic carbocycles. The lowest BCUT2D eigenvalue weighted by Gasteiger charge is -2.17. The molecule has 0 heterocycles. The minimum absolute atomic E-state index is 0.0538. The molecule has 5 heteroatoms. The molecule has 1 rings (SSSR count). The molecule has 0 aliphatic heterocycles. The average molecular weight is 238 g/mol. The third kappa shape index (κ3) is 4.84. The van der Waals surface area contributed by atoms with Gasteiger partial charge in [-0.05, 0) is 24.6 Å². The average Bonchev–Trinajstić information content (AvgIpc) is 2.27. The molecule has 0 fully saturated rings. The Morgan fingerprint density at radius 2 is 2.06 bits per heavy atom. The van der Waals surface area contributed by atoms with Crippen molar-refractivity contribution in [1.29, 1.82) is 0 Å². The topological polar surface area (TPSA) is 75.8 Å². The number of aliphatic hydroxyl groups excluding tert-OH is 1. The second kappa shape index (κ2) is 6.22. The molecule has 1 aromatic rings. The van der Waals surface area contributed by atoms with Gasteiger partial charge >= 0.3 is 0 Å². The van der Waals surface area contributed by atoms with Gasteiger partial charge in [0.05, 0.1) is 12.5 Å². The zero-order chi connectivity index (χ0) is 12.8. The summed E-state index contributed by atoms with van der Waals surface area (Å²) in [4.78, 5) is 16.7. The molecule has 94 valence electrons. The van der Waals surface area contributed by atoms with Gasteiger partial charge in [0.15, 0.2) is 0 Å². The molecule has 1 amide bonds.